The summed E-state index contributed by atoms with van der Waals surface area (Å²) < 4.78 is 0. The summed E-state index contributed by atoms with van der Waals surface area (Å²) >= 11 is 0. The number of benzene rings is 1. The summed E-state index contributed by atoms with van der Waals surface area (Å²) in [4.78, 5) is 6.72. The number of H-pyrrole nitrogens is 1. The molecule has 4 aliphatic heterocycles. The van der Waals surface area contributed by atoms with Crippen molar-refractivity contribution < 1.29 is 0 Å². The van der Waals surface area contributed by atoms with E-state index in [-0.39, 0.29) is 0 Å². The number of para-hydroxylation sites is 1. The molecule has 2 aromatic rings. The zero-order valence-corrected chi connectivity index (χ0v) is 13.6. The fourth-order valence-corrected chi connectivity index (χ4v) is 6.48. The van der Waals surface area contributed by atoms with Gasteiger partial charge in [-0.1, -0.05) is 18.2 Å². The van der Waals surface area contributed by atoms with Gasteiger partial charge in [-0.3, -0.25) is 4.90 Å². The average Bonchev–Trinajstić information content (AvgIpc) is 3.01. The van der Waals surface area contributed by atoms with E-state index < -0.39 is 0 Å². The lowest BCUT2D eigenvalue weighted by Gasteiger charge is -2.61. The van der Waals surface area contributed by atoms with E-state index in [2.05, 4.69) is 39.5 Å². The van der Waals surface area contributed by atoms with Gasteiger partial charge >= 0.3 is 0 Å². The topological polar surface area (TPSA) is 31.1 Å². The van der Waals surface area contributed by atoms with E-state index in [9.17, 15) is 0 Å². The molecule has 120 valence electrons. The van der Waals surface area contributed by atoms with Crippen LogP contribution in [0.4, 0.5) is 0 Å². The van der Waals surface area contributed by atoms with Crippen LogP contribution >= 0.6 is 0 Å². The van der Waals surface area contributed by atoms with Crippen molar-refractivity contribution in [3.63, 3.8) is 0 Å². The first-order valence-electron chi connectivity index (χ1n) is 9.50. The van der Waals surface area contributed by atoms with E-state index >= 15 is 0 Å². The van der Waals surface area contributed by atoms with Crippen molar-refractivity contribution in [1.82, 2.24) is 15.2 Å². The molecule has 5 aliphatic rings. The summed E-state index contributed by atoms with van der Waals surface area (Å²) in [6.45, 7) is 2.50. The Morgan fingerprint density at radius 2 is 2.00 bits per heavy atom. The van der Waals surface area contributed by atoms with Crippen LogP contribution < -0.4 is 5.32 Å². The molecule has 1 aromatic carbocycles. The van der Waals surface area contributed by atoms with Gasteiger partial charge in [0.15, 0.2) is 0 Å². The molecule has 3 heteroatoms. The van der Waals surface area contributed by atoms with Crippen molar-refractivity contribution in [2.75, 3.05) is 13.1 Å². The van der Waals surface area contributed by atoms with Crippen LogP contribution in [0.15, 0.2) is 24.3 Å². The third kappa shape index (κ3) is 1.62. The molecule has 3 saturated heterocycles. The van der Waals surface area contributed by atoms with Crippen LogP contribution in [-0.4, -0.2) is 35.1 Å². The fourth-order valence-electron chi connectivity index (χ4n) is 6.48. The van der Waals surface area contributed by atoms with Gasteiger partial charge < -0.3 is 10.3 Å². The smallest absolute Gasteiger partial charge is 0.0547 e. The fraction of sp³-hybridized carbons (Fsp3) is 0.600. The van der Waals surface area contributed by atoms with E-state index in [1.54, 1.807) is 11.3 Å². The van der Waals surface area contributed by atoms with Crippen LogP contribution in [0.2, 0.25) is 0 Å². The van der Waals surface area contributed by atoms with Gasteiger partial charge in [0.2, 0.25) is 0 Å². The highest BCUT2D eigenvalue weighted by molar-refractivity contribution is 5.85. The van der Waals surface area contributed by atoms with Gasteiger partial charge in [-0.2, -0.15) is 0 Å². The molecule has 2 bridgehead atoms. The van der Waals surface area contributed by atoms with Gasteiger partial charge in [-0.15, -0.1) is 0 Å². The molecular weight excluding hydrogens is 282 g/mol. The molecule has 0 radical (unpaired) electrons. The highest BCUT2D eigenvalue weighted by atomic mass is 15.3. The molecule has 23 heavy (non-hydrogen) atoms. The lowest BCUT2D eigenvalue weighted by atomic mass is 9.61. The van der Waals surface area contributed by atoms with Crippen molar-refractivity contribution in [2.24, 2.45) is 11.8 Å². The Morgan fingerprint density at radius 3 is 3.00 bits per heavy atom. The molecule has 1 aliphatic carbocycles. The Labute approximate surface area is 137 Å². The summed E-state index contributed by atoms with van der Waals surface area (Å²) in [5.74, 6) is 1.71. The maximum Gasteiger partial charge on any atom is 0.0547 e. The quantitative estimate of drug-likeness (QED) is 0.783. The first-order valence-corrected chi connectivity index (χ1v) is 9.50. The SMILES string of the molecule is c1ccc2c3c([nH]c2c1)[C@H]1[C@@H]2CC[C@@H]([C@H]4CCCN[C@@H]24)N1CC3. The maximum atomic E-state index is 3.91. The third-order valence-corrected chi connectivity index (χ3v) is 7.26. The minimum absolute atomic E-state index is 0.636. The predicted molar refractivity (Wildman–Crippen MR) is 92.5 cm³/mol. The Bertz CT molecular complexity index is 763. The molecular formula is C20H25N3. The largest absolute Gasteiger partial charge is 0.357 e. The zero-order valence-electron chi connectivity index (χ0n) is 13.6. The Morgan fingerprint density at radius 1 is 1.04 bits per heavy atom. The number of aromatic amines is 1. The number of piperidine rings is 3. The van der Waals surface area contributed by atoms with Crippen LogP contribution in [0, 0.1) is 11.8 Å². The Balaban J connectivity index is 1.50. The van der Waals surface area contributed by atoms with Crippen LogP contribution in [0.3, 0.4) is 0 Å². The Hall–Kier alpha value is -1.32. The van der Waals surface area contributed by atoms with Crippen LogP contribution in [0.5, 0.6) is 0 Å². The third-order valence-electron chi connectivity index (χ3n) is 7.26. The van der Waals surface area contributed by atoms with E-state index in [1.807, 2.05) is 0 Å². The molecule has 0 amide bonds. The molecule has 2 N–H and O–H groups in total. The number of hydrogen-bond donors (Lipinski definition) is 2. The lowest BCUT2D eigenvalue weighted by molar-refractivity contribution is -0.0920. The number of aromatic nitrogens is 1. The van der Waals surface area contributed by atoms with Crippen molar-refractivity contribution in [3.8, 4) is 0 Å². The van der Waals surface area contributed by atoms with Crippen molar-refractivity contribution in [1.29, 1.82) is 0 Å². The summed E-state index contributed by atoms with van der Waals surface area (Å²) in [6.07, 6.45) is 6.89. The monoisotopic (exact) mass is 307 g/mol. The molecule has 3 nitrogen and oxygen atoms in total. The first-order chi connectivity index (χ1) is 11.4. The average molecular weight is 307 g/mol. The summed E-state index contributed by atoms with van der Waals surface area (Å²) in [6, 6.07) is 11.1. The molecule has 1 aromatic heterocycles. The van der Waals surface area contributed by atoms with E-state index in [1.165, 1.54) is 56.1 Å². The predicted octanol–water partition coefficient (Wildman–Crippen LogP) is 3.23. The van der Waals surface area contributed by atoms with Crippen LogP contribution in [0.1, 0.15) is 43.0 Å². The lowest BCUT2D eigenvalue weighted by Crippen LogP contribution is -2.67. The number of nitrogens with zero attached hydrogens (tertiary/aromatic N) is 1. The maximum absolute atomic E-state index is 3.91. The Kier molecular flexibility index (Phi) is 2.61. The van der Waals surface area contributed by atoms with E-state index in [4.69, 9.17) is 0 Å². The minimum Gasteiger partial charge on any atom is -0.357 e. The van der Waals surface area contributed by atoms with Gasteiger partial charge in [0.05, 0.1) is 6.04 Å². The van der Waals surface area contributed by atoms with Crippen molar-refractivity contribution in [3.05, 3.63) is 35.5 Å². The molecule has 7 rings (SSSR count). The number of fused-ring (bicyclic) bond motifs is 4. The number of nitrogens with one attached hydrogen (secondary N) is 2. The normalized spacial score (nSPS) is 39.0. The molecule has 5 atom stereocenters. The van der Waals surface area contributed by atoms with Gasteiger partial charge in [0.25, 0.3) is 0 Å². The molecule has 4 fully saturated rings. The second kappa shape index (κ2) is 4.61. The number of hydrogen-bond acceptors (Lipinski definition) is 2. The first kappa shape index (κ1) is 13.0. The van der Waals surface area contributed by atoms with Crippen molar-refractivity contribution >= 4 is 10.9 Å². The zero-order chi connectivity index (χ0) is 15.0. The molecule has 0 spiro atoms. The minimum atomic E-state index is 0.636. The standard InChI is InChI=1S/C20H25N3/c1-2-6-16-12(4-1)13-9-11-23-17-8-7-15(20(23)19(13)22-16)18-14(17)5-3-10-21-18/h1-2,4,6,14-15,17-18,20-22H,3,5,7-11H2/t14-,15-,17+,18-,20-/m1/s1. The molecule has 5 heterocycles. The highest BCUT2D eigenvalue weighted by Gasteiger charge is 2.55. The summed E-state index contributed by atoms with van der Waals surface area (Å²) in [5, 5.41) is 5.38. The summed E-state index contributed by atoms with van der Waals surface area (Å²) in [5.41, 5.74) is 4.51. The molecule has 0 unspecified atom stereocenters. The van der Waals surface area contributed by atoms with E-state index in [0.717, 1.165) is 23.9 Å². The number of rotatable bonds is 0. The van der Waals surface area contributed by atoms with Crippen LogP contribution in [-0.2, 0) is 6.42 Å². The summed E-state index contributed by atoms with van der Waals surface area (Å²) in [7, 11) is 0. The van der Waals surface area contributed by atoms with Gasteiger partial charge in [0.1, 0.15) is 0 Å². The van der Waals surface area contributed by atoms with Gasteiger partial charge in [-0.05, 0) is 62.1 Å². The molecule has 1 saturated carbocycles. The second-order valence-electron chi connectivity index (χ2n) is 8.09. The van der Waals surface area contributed by atoms with Gasteiger partial charge in [0, 0.05) is 35.2 Å². The highest BCUT2D eigenvalue weighted by Crippen LogP contribution is 2.54. The second-order valence-corrected chi connectivity index (χ2v) is 8.09. The van der Waals surface area contributed by atoms with E-state index in [0.29, 0.717) is 6.04 Å². The van der Waals surface area contributed by atoms with Crippen molar-refractivity contribution in [2.45, 2.75) is 50.2 Å². The van der Waals surface area contributed by atoms with Gasteiger partial charge in [-0.25, -0.2) is 0 Å². The van der Waals surface area contributed by atoms with Crippen LogP contribution in [0.25, 0.3) is 10.9 Å².